The fourth-order valence-electron chi connectivity index (χ4n) is 2.62. The van der Waals surface area contributed by atoms with E-state index in [-0.39, 0.29) is 46.8 Å². The first-order valence-corrected chi connectivity index (χ1v) is 8.72. The molecule has 2 rings (SSSR count). The second kappa shape index (κ2) is 8.26. The van der Waals surface area contributed by atoms with Gasteiger partial charge in [-0.05, 0) is 18.1 Å². The molecule has 1 aromatic carbocycles. The number of nitrogens with two attached hydrogens (primary N) is 1. The van der Waals surface area contributed by atoms with Crippen LogP contribution in [-0.4, -0.2) is 26.4 Å². The minimum Gasteiger partial charge on any atom is -0.384 e. The first-order chi connectivity index (χ1) is 13.0. The maximum atomic E-state index is 12.6. The maximum absolute atomic E-state index is 12.6. The van der Waals surface area contributed by atoms with Crippen LogP contribution < -0.4 is 22.3 Å². The molecule has 0 saturated heterocycles. The normalized spacial score (nSPS) is 10.9. The zero-order chi connectivity index (χ0) is 21.2. The van der Waals surface area contributed by atoms with Gasteiger partial charge >= 0.3 is 5.69 Å². The van der Waals surface area contributed by atoms with E-state index in [9.17, 15) is 24.5 Å². The summed E-state index contributed by atoms with van der Waals surface area (Å²) in [4.78, 5) is 47.6. The van der Waals surface area contributed by atoms with Crippen LogP contribution in [0.3, 0.4) is 0 Å². The highest BCUT2D eigenvalue weighted by molar-refractivity contribution is 6.32. The number of anilines is 2. The number of nitro groups is 1. The lowest BCUT2D eigenvalue weighted by molar-refractivity contribution is -0.384. The van der Waals surface area contributed by atoms with Crippen molar-refractivity contribution >= 4 is 34.6 Å². The number of nitrogens with zero attached hydrogens (tertiary/aromatic N) is 3. The molecule has 0 saturated carbocycles. The molecule has 150 valence electrons. The summed E-state index contributed by atoms with van der Waals surface area (Å²) in [5.41, 5.74) is 4.20. The minimum atomic E-state index is -0.795. The molecule has 1 heterocycles. The van der Waals surface area contributed by atoms with Gasteiger partial charge in [0.2, 0.25) is 0 Å². The molecule has 28 heavy (non-hydrogen) atoms. The Morgan fingerprint density at radius 3 is 2.57 bits per heavy atom. The SMILES string of the molecule is CC(C)Cn1c(N)c(C(=O)CNc2ccc(Cl)c([N+](=O)[O-])c2)c(=O)n(C)c1=O. The summed E-state index contributed by atoms with van der Waals surface area (Å²) in [6.45, 7) is 3.63. The number of Topliss-reactive ketones (excluding diaryl/α,β-unsaturated/α-hetero) is 1. The summed E-state index contributed by atoms with van der Waals surface area (Å²) < 4.78 is 2.02. The van der Waals surface area contributed by atoms with Crippen molar-refractivity contribution < 1.29 is 9.72 Å². The van der Waals surface area contributed by atoms with Gasteiger partial charge in [0.1, 0.15) is 16.4 Å². The Morgan fingerprint density at radius 1 is 1.36 bits per heavy atom. The van der Waals surface area contributed by atoms with Gasteiger partial charge in [-0.15, -0.1) is 0 Å². The number of carbonyl (C=O) groups is 1. The largest absolute Gasteiger partial charge is 0.384 e. The Hall–Kier alpha value is -3.14. The van der Waals surface area contributed by atoms with E-state index in [1.54, 1.807) is 0 Å². The van der Waals surface area contributed by atoms with Crippen molar-refractivity contribution in [3.05, 3.63) is 59.7 Å². The van der Waals surface area contributed by atoms with Crippen molar-refractivity contribution in [2.24, 2.45) is 13.0 Å². The fraction of sp³-hybridized carbons (Fsp3) is 0.353. The second-order valence-electron chi connectivity index (χ2n) is 6.61. The van der Waals surface area contributed by atoms with Crippen molar-refractivity contribution in [3.63, 3.8) is 0 Å². The van der Waals surface area contributed by atoms with Crippen LogP contribution in [-0.2, 0) is 13.6 Å². The van der Waals surface area contributed by atoms with E-state index in [1.165, 1.54) is 29.8 Å². The van der Waals surface area contributed by atoms with Gasteiger partial charge in [-0.1, -0.05) is 25.4 Å². The molecule has 11 heteroatoms. The van der Waals surface area contributed by atoms with E-state index in [2.05, 4.69) is 5.32 Å². The van der Waals surface area contributed by atoms with E-state index in [1.807, 2.05) is 13.8 Å². The van der Waals surface area contributed by atoms with Crippen molar-refractivity contribution in [3.8, 4) is 0 Å². The minimum absolute atomic E-state index is 0.0410. The lowest BCUT2D eigenvalue weighted by Crippen LogP contribution is -2.43. The number of halogens is 1. The van der Waals surface area contributed by atoms with Crippen LogP contribution in [0.5, 0.6) is 0 Å². The van der Waals surface area contributed by atoms with Gasteiger partial charge in [-0.25, -0.2) is 4.79 Å². The topological polar surface area (TPSA) is 142 Å². The molecular weight excluding hydrogens is 390 g/mol. The van der Waals surface area contributed by atoms with Crippen molar-refractivity contribution in [2.45, 2.75) is 20.4 Å². The standard InChI is InChI=1S/C17H20ClN5O5/c1-9(2)8-22-15(19)14(16(25)21(3)17(22)26)13(24)7-20-10-4-5-11(18)12(6-10)23(27)28/h4-6,9,20H,7-8,19H2,1-3H3. The number of ketones is 1. The molecular formula is C17H20ClN5O5. The van der Waals surface area contributed by atoms with Crippen LogP contribution in [0, 0.1) is 16.0 Å². The molecule has 0 amide bonds. The molecule has 0 aliphatic carbocycles. The molecule has 0 bridgehead atoms. The van der Waals surface area contributed by atoms with Crippen molar-refractivity contribution in [1.82, 2.24) is 9.13 Å². The van der Waals surface area contributed by atoms with Gasteiger partial charge in [0.15, 0.2) is 5.78 Å². The molecule has 0 aliphatic heterocycles. The number of nitrogens with one attached hydrogen (secondary N) is 1. The second-order valence-corrected chi connectivity index (χ2v) is 7.02. The summed E-state index contributed by atoms with van der Waals surface area (Å²) in [5.74, 6) is -0.780. The smallest absolute Gasteiger partial charge is 0.332 e. The van der Waals surface area contributed by atoms with Crippen LogP contribution in [0.1, 0.15) is 24.2 Å². The third-order valence-electron chi connectivity index (χ3n) is 4.01. The van der Waals surface area contributed by atoms with Gasteiger partial charge in [-0.2, -0.15) is 0 Å². The molecule has 2 aromatic rings. The Bertz CT molecular complexity index is 1060. The summed E-state index contributed by atoms with van der Waals surface area (Å²) in [7, 11) is 1.27. The van der Waals surface area contributed by atoms with Crippen LogP contribution in [0.4, 0.5) is 17.2 Å². The molecule has 0 aliphatic rings. The molecule has 0 atom stereocenters. The van der Waals surface area contributed by atoms with E-state index in [0.29, 0.717) is 0 Å². The van der Waals surface area contributed by atoms with Crippen LogP contribution in [0.25, 0.3) is 0 Å². The van der Waals surface area contributed by atoms with Gasteiger partial charge < -0.3 is 11.1 Å². The number of nitrogen functional groups attached to an aromatic ring is 1. The quantitative estimate of drug-likeness (QED) is 0.402. The highest BCUT2D eigenvalue weighted by Crippen LogP contribution is 2.27. The van der Waals surface area contributed by atoms with Crippen molar-refractivity contribution in [2.75, 3.05) is 17.6 Å². The lowest BCUT2D eigenvalue weighted by Gasteiger charge is -2.16. The van der Waals surface area contributed by atoms with E-state index in [0.717, 1.165) is 4.57 Å². The number of nitro benzene ring substituents is 1. The van der Waals surface area contributed by atoms with Gasteiger partial charge in [0.25, 0.3) is 11.2 Å². The lowest BCUT2D eigenvalue weighted by atomic mass is 10.1. The first kappa shape index (κ1) is 21.2. The number of carbonyl (C=O) groups excluding carboxylic acids is 1. The summed E-state index contributed by atoms with van der Waals surface area (Å²) >= 11 is 5.75. The number of hydrogen-bond acceptors (Lipinski definition) is 7. The number of rotatable bonds is 7. The third kappa shape index (κ3) is 4.22. The molecule has 0 spiro atoms. The van der Waals surface area contributed by atoms with Crippen LogP contribution in [0.15, 0.2) is 27.8 Å². The Labute approximate surface area is 164 Å². The highest BCUT2D eigenvalue weighted by atomic mass is 35.5. The first-order valence-electron chi connectivity index (χ1n) is 8.34. The maximum Gasteiger partial charge on any atom is 0.332 e. The Kier molecular flexibility index (Phi) is 6.24. The molecule has 0 unspecified atom stereocenters. The number of benzene rings is 1. The van der Waals surface area contributed by atoms with E-state index >= 15 is 0 Å². The number of aromatic nitrogens is 2. The number of hydrogen-bond donors (Lipinski definition) is 2. The fourth-order valence-corrected chi connectivity index (χ4v) is 2.81. The average molecular weight is 410 g/mol. The molecule has 3 N–H and O–H groups in total. The predicted molar refractivity (Wildman–Crippen MR) is 106 cm³/mol. The van der Waals surface area contributed by atoms with Crippen LogP contribution >= 0.6 is 11.6 Å². The summed E-state index contributed by atoms with van der Waals surface area (Å²) in [5, 5.41) is 13.6. The van der Waals surface area contributed by atoms with Gasteiger partial charge in [-0.3, -0.25) is 28.8 Å². The van der Waals surface area contributed by atoms with Gasteiger partial charge in [0.05, 0.1) is 11.5 Å². The monoisotopic (exact) mass is 409 g/mol. The Balaban J connectivity index is 2.36. The third-order valence-corrected chi connectivity index (χ3v) is 4.33. The highest BCUT2D eigenvalue weighted by Gasteiger charge is 2.22. The molecule has 0 fully saturated rings. The Morgan fingerprint density at radius 2 is 2.00 bits per heavy atom. The van der Waals surface area contributed by atoms with Crippen LogP contribution in [0.2, 0.25) is 5.02 Å². The summed E-state index contributed by atoms with van der Waals surface area (Å²) in [6.07, 6.45) is 0. The molecule has 10 nitrogen and oxygen atoms in total. The van der Waals surface area contributed by atoms with Crippen molar-refractivity contribution in [1.29, 1.82) is 0 Å². The summed E-state index contributed by atoms with van der Waals surface area (Å²) in [6, 6.07) is 3.96. The zero-order valence-corrected chi connectivity index (χ0v) is 16.3. The average Bonchev–Trinajstić information content (AvgIpc) is 2.62. The predicted octanol–water partition coefficient (Wildman–Crippen LogP) is 1.64. The van der Waals surface area contributed by atoms with E-state index in [4.69, 9.17) is 17.3 Å². The van der Waals surface area contributed by atoms with E-state index < -0.39 is 22.0 Å². The van der Waals surface area contributed by atoms with Gasteiger partial charge in [0, 0.05) is 25.3 Å². The molecule has 0 radical (unpaired) electrons. The zero-order valence-electron chi connectivity index (χ0n) is 15.6. The molecule has 1 aromatic heterocycles.